The maximum atomic E-state index is 11.1. The molecule has 1 aromatic heterocycles. The highest BCUT2D eigenvalue weighted by Crippen LogP contribution is 2.11. The maximum Gasteiger partial charge on any atom is 0.232 e. The molecular formula is C8H12N2OS2. The van der Waals surface area contributed by atoms with Gasteiger partial charge in [0.15, 0.2) is 0 Å². The van der Waals surface area contributed by atoms with Gasteiger partial charge in [0, 0.05) is 4.88 Å². The molecule has 0 aliphatic rings. The largest absolute Gasteiger partial charge is 0.350 e. The summed E-state index contributed by atoms with van der Waals surface area (Å²) >= 11 is 5.58. The Morgan fingerprint density at radius 2 is 2.54 bits per heavy atom. The van der Waals surface area contributed by atoms with Gasteiger partial charge in [0.2, 0.25) is 5.91 Å². The summed E-state index contributed by atoms with van der Waals surface area (Å²) in [6, 6.07) is 0. The molecule has 3 nitrogen and oxygen atoms in total. The summed E-state index contributed by atoms with van der Waals surface area (Å²) in [5.41, 5.74) is 2.76. The van der Waals surface area contributed by atoms with E-state index in [1.165, 1.54) is 0 Å². The lowest BCUT2D eigenvalue weighted by atomic mass is 10.3. The van der Waals surface area contributed by atoms with Crippen molar-refractivity contribution in [2.75, 3.05) is 0 Å². The quantitative estimate of drug-likeness (QED) is 0.750. The summed E-state index contributed by atoms with van der Waals surface area (Å²) in [6.45, 7) is 4.24. The standard InChI is InChI=1S/C8H12N2OS2/c1-5-7(13-4-10-5)3-9-8(11)6(2)12/h4,6,12H,3H2,1-2H3,(H,9,11). The van der Waals surface area contributed by atoms with Gasteiger partial charge in [0.05, 0.1) is 23.0 Å². The Morgan fingerprint density at radius 1 is 1.85 bits per heavy atom. The van der Waals surface area contributed by atoms with E-state index < -0.39 is 0 Å². The maximum absolute atomic E-state index is 11.1. The van der Waals surface area contributed by atoms with Crippen molar-refractivity contribution in [3.05, 3.63) is 16.1 Å². The summed E-state index contributed by atoms with van der Waals surface area (Å²) in [5, 5.41) is 2.52. The van der Waals surface area contributed by atoms with E-state index in [-0.39, 0.29) is 11.2 Å². The lowest BCUT2D eigenvalue weighted by Gasteiger charge is -2.05. The number of thiazole rings is 1. The summed E-state index contributed by atoms with van der Waals surface area (Å²) in [7, 11) is 0. The summed E-state index contributed by atoms with van der Waals surface area (Å²) < 4.78 is 0. The fourth-order valence-corrected chi connectivity index (χ4v) is 1.62. The Hall–Kier alpha value is -0.550. The van der Waals surface area contributed by atoms with Crippen LogP contribution < -0.4 is 5.32 Å². The van der Waals surface area contributed by atoms with Crippen LogP contribution >= 0.6 is 24.0 Å². The predicted octanol–water partition coefficient (Wildman–Crippen LogP) is 1.39. The third kappa shape index (κ3) is 3.00. The predicted molar refractivity (Wildman–Crippen MR) is 57.1 cm³/mol. The van der Waals surface area contributed by atoms with Gasteiger partial charge in [0.1, 0.15) is 0 Å². The summed E-state index contributed by atoms with van der Waals surface area (Å²) in [6.07, 6.45) is 0. The first kappa shape index (κ1) is 10.5. The molecule has 1 atom stereocenters. The highest BCUT2D eigenvalue weighted by Gasteiger charge is 2.08. The highest BCUT2D eigenvalue weighted by molar-refractivity contribution is 7.81. The Morgan fingerprint density at radius 3 is 3.00 bits per heavy atom. The molecule has 1 heterocycles. The second-order valence-electron chi connectivity index (χ2n) is 2.75. The lowest BCUT2D eigenvalue weighted by molar-refractivity contribution is -0.120. The van der Waals surface area contributed by atoms with Gasteiger partial charge < -0.3 is 5.32 Å². The third-order valence-electron chi connectivity index (χ3n) is 1.65. The minimum Gasteiger partial charge on any atom is -0.350 e. The van der Waals surface area contributed by atoms with E-state index >= 15 is 0 Å². The van der Waals surface area contributed by atoms with Crippen molar-refractivity contribution in [1.82, 2.24) is 10.3 Å². The Kier molecular flexibility index (Phi) is 3.74. The van der Waals surface area contributed by atoms with E-state index in [0.29, 0.717) is 6.54 Å². The molecule has 0 aliphatic carbocycles. The number of nitrogens with zero attached hydrogens (tertiary/aromatic N) is 1. The van der Waals surface area contributed by atoms with Crippen LogP contribution in [0.3, 0.4) is 0 Å². The molecule has 13 heavy (non-hydrogen) atoms. The molecular weight excluding hydrogens is 204 g/mol. The van der Waals surface area contributed by atoms with Crippen molar-refractivity contribution in [1.29, 1.82) is 0 Å². The first-order valence-electron chi connectivity index (χ1n) is 3.96. The molecule has 0 saturated carbocycles. The van der Waals surface area contributed by atoms with E-state index in [1.54, 1.807) is 23.8 Å². The van der Waals surface area contributed by atoms with Crippen LogP contribution in [0.5, 0.6) is 0 Å². The summed E-state index contributed by atoms with van der Waals surface area (Å²) in [5.74, 6) is -0.0452. The monoisotopic (exact) mass is 216 g/mol. The van der Waals surface area contributed by atoms with Gasteiger partial charge in [-0.1, -0.05) is 0 Å². The second-order valence-corrected chi connectivity index (χ2v) is 4.47. The summed E-state index contributed by atoms with van der Waals surface area (Å²) in [4.78, 5) is 16.3. The molecule has 0 radical (unpaired) electrons. The topological polar surface area (TPSA) is 42.0 Å². The van der Waals surface area contributed by atoms with E-state index in [1.807, 2.05) is 6.92 Å². The normalized spacial score (nSPS) is 12.5. The first-order chi connectivity index (χ1) is 6.11. The first-order valence-corrected chi connectivity index (χ1v) is 5.35. The van der Waals surface area contributed by atoms with E-state index in [0.717, 1.165) is 10.6 Å². The molecule has 1 aromatic rings. The van der Waals surface area contributed by atoms with Crippen molar-refractivity contribution < 1.29 is 4.79 Å². The number of amides is 1. The average Bonchev–Trinajstić information content (AvgIpc) is 2.47. The van der Waals surface area contributed by atoms with Crippen LogP contribution in [0.2, 0.25) is 0 Å². The van der Waals surface area contributed by atoms with Gasteiger partial charge in [-0.2, -0.15) is 12.6 Å². The highest BCUT2D eigenvalue weighted by atomic mass is 32.1. The molecule has 72 valence electrons. The van der Waals surface area contributed by atoms with Crippen LogP contribution in [0.25, 0.3) is 0 Å². The van der Waals surface area contributed by atoms with Gasteiger partial charge in [0.25, 0.3) is 0 Å². The Labute approximate surface area is 87.0 Å². The molecule has 0 saturated heterocycles. The van der Waals surface area contributed by atoms with Crippen LogP contribution in [0.1, 0.15) is 17.5 Å². The number of thiol groups is 1. The zero-order valence-electron chi connectivity index (χ0n) is 7.57. The molecule has 5 heteroatoms. The number of nitrogens with one attached hydrogen (secondary N) is 1. The number of hydrogen-bond donors (Lipinski definition) is 2. The van der Waals surface area contributed by atoms with Crippen LogP contribution in [0, 0.1) is 6.92 Å². The molecule has 0 aliphatic heterocycles. The van der Waals surface area contributed by atoms with Gasteiger partial charge in [-0.05, 0) is 13.8 Å². The molecule has 0 fully saturated rings. The minimum atomic E-state index is -0.256. The number of carbonyl (C=O) groups is 1. The van der Waals surface area contributed by atoms with Crippen LogP contribution in [0.15, 0.2) is 5.51 Å². The van der Waals surface area contributed by atoms with Crippen molar-refractivity contribution in [3.63, 3.8) is 0 Å². The number of aromatic nitrogens is 1. The van der Waals surface area contributed by atoms with Crippen molar-refractivity contribution in [3.8, 4) is 0 Å². The number of hydrogen-bond acceptors (Lipinski definition) is 4. The average molecular weight is 216 g/mol. The zero-order valence-corrected chi connectivity index (χ0v) is 9.28. The van der Waals surface area contributed by atoms with Crippen LogP contribution in [0.4, 0.5) is 0 Å². The molecule has 1 amide bonds. The van der Waals surface area contributed by atoms with Crippen molar-refractivity contribution in [2.45, 2.75) is 25.6 Å². The van der Waals surface area contributed by atoms with E-state index in [2.05, 4.69) is 22.9 Å². The minimum absolute atomic E-state index is 0.0452. The van der Waals surface area contributed by atoms with Crippen molar-refractivity contribution in [2.24, 2.45) is 0 Å². The number of carbonyl (C=O) groups excluding carboxylic acids is 1. The van der Waals surface area contributed by atoms with E-state index in [4.69, 9.17) is 0 Å². The molecule has 1 unspecified atom stereocenters. The lowest BCUT2D eigenvalue weighted by Crippen LogP contribution is -2.29. The molecule has 1 rings (SSSR count). The van der Waals surface area contributed by atoms with Gasteiger partial charge >= 0.3 is 0 Å². The van der Waals surface area contributed by atoms with E-state index in [9.17, 15) is 4.79 Å². The smallest absolute Gasteiger partial charge is 0.232 e. The van der Waals surface area contributed by atoms with Gasteiger partial charge in [-0.15, -0.1) is 11.3 Å². The molecule has 0 spiro atoms. The molecule has 0 aromatic carbocycles. The number of aryl methyl sites for hydroxylation is 1. The third-order valence-corrected chi connectivity index (χ3v) is 2.82. The fraction of sp³-hybridized carbons (Fsp3) is 0.500. The number of rotatable bonds is 3. The van der Waals surface area contributed by atoms with Crippen molar-refractivity contribution >= 4 is 29.9 Å². The molecule has 0 bridgehead atoms. The van der Waals surface area contributed by atoms with Gasteiger partial charge in [-0.25, -0.2) is 4.98 Å². The van der Waals surface area contributed by atoms with Gasteiger partial charge in [-0.3, -0.25) is 4.79 Å². The van der Waals surface area contributed by atoms with Crippen LogP contribution in [-0.4, -0.2) is 16.1 Å². The second kappa shape index (κ2) is 4.62. The Balaban J connectivity index is 2.44. The Bertz CT molecular complexity index is 296. The fourth-order valence-electron chi connectivity index (χ4n) is 0.811. The van der Waals surface area contributed by atoms with Crippen LogP contribution in [-0.2, 0) is 11.3 Å². The molecule has 1 N–H and O–H groups in total. The SMILES string of the molecule is Cc1ncsc1CNC(=O)C(C)S. The zero-order chi connectivity index (χ0) is 9.84.